The monoisotopic (exact) mass is 373 g/mol. The van der Waals surface area contributed by atoms with E-state index in [-0.39, 0.29) is 6.09 Å². The molecule has 3 rings (SSSR count). The van der Waals surface area contributed by atoms with E-state index in [1.54, 1.807) is 16.5 Å². The number of nitrogens with two attached hydrogens (primary N) is 1. The Balaban J connectivity index is 1.85. The molecule has 1 aliphatic heterocycles. The second kappa shape index (κ2) is 7.33. The van der Waals surface area contributed by atoms with Crippen LogP contribution in [0.25, 0.3) is 0 Å². The van der Waals surface area contributed by atoms with Gasteiger partial charge in [-0.1, -0.05) is 18.2 Å². The minimum absolute atomic E-state index is 0.333. The van der Waals surface area contributed by atoms with Crippen molar-refractivity contribution in [2.24, 2.45) is 5.10 Å². The van der Waals surface area contributed by atoms with Gasteiger partial charge in [0.25, 0.3) is 0 Å². The average Bonchev–Trinajstić information content (AvgIpc) is 2.98. The van der Waals surface area contributed by atoms with E-state index in [2.05, 4.69) is 15.5 Å². The highest BCUT2D eigenvalue weighted by Crippen LogP contribution is 2.31. The molecule has 8 heteroatoms. The van der Waals surface area contributed by atoms with E-state index >= 15 is 0 Å². The number of carbonyl (C=O) groups excluding carboxylic acids is 1. The van der Waals surface area contributed by atoms with E-state index in [0.717, 1.165) is 29.7 Å². The third-order valence-electron chi connectivity index (χ3n) is 3.75. The van der Waals surface area contributed by atoms with Gasteiger partial charge in [0, 0.05) is 17.5 Å². The molecule has 0 bridgehead atoms. The number of nitrogens with zero attached hydrogens (tertiary/aromatic N) is 3. The van der Waals surface area contributed by atoms with Crippen molar-refractivity contribution < 1.29 is 9.53 Å². The number of amides is 1. The molecular weight excluding hydrogens is 350 g/mol. The molecule has 0 atom stereocenters. The molecule has 26 heavy (non-hydrogen) atoms. The summed E-state index contributed by atoms with van der Waals surface area (Å²) in [4.78, 5) is 18.4. The minimum Gasteiger partial charge on any atom is -0.443 e. The number of anilines is 3. The Hall–Kier alpha value is -2.61. The molecule has 0 spiro atoms. The molecule has 1 aromatic carbocycles. The summed E-state index contributed by atoms with van der Waals surface area (Å²) in [5, 5.41) is 6.60. The van der Waals surface area contributed by atoms with Crippen LogP contribution in [0.2, 0.25) is 0 Å². The summed E-state index contributed by atoms with van der Waals surface area (Å²) in [5.74, 6) is 0.459. The molecule has 0 radical (unpaired) electrons. The van der Waals surface area contributed by atoms with Crippen LogP contribution in [0, 0.1) is 0 Å². The standard InChI is InChI=1S/C18H23N5O2S/c1-18(2,3)25-17(24)23-9-5-8-12-6-4-7-13(15(12)23)10-20-22-16-21-14(19)11-26-16/h4,6-7,10-11H,5,8-9,19H2,1-3H3,(H,21,22). The van der Waals surface area contributed by atoms with Crippen LogP contribution in [-0.4, -0.2) is 29.4 Å². The third-order valence-corrected chi connectivity index (χ3v) is 4.51. The molecule has 3 N–H and O–H groups in total. The first kappa shape index (κ1) is 18.2. The molecule has 0 fully saturated rings. The number of carbonyl (C=O) groups is 1. The smallest absolute Gasteiger partial charge is 0.414 e. The number of para-hydroxylation sites is 1. The SMILES string of the molecule is CC(C)(C)OC(=O)N1CCCc2cccc(C=NNc3nc(N)cs3)c21. The van der Waals surface area contributed by atoms with Crippen LogP contribution in [0.5, 0.6) is 0 Å². The Labute approximate surface area is 156 Å². The van der Waals surface area contributed by atoms with Gasteiger partial charge in [-0.15, -0.1) is 11.3 Å². The lowest BCUT2D eigenvalue weighted by Gasteiger charge is -2.32. The van der Waals surface area contributed by atoms with E-state index in [1.165, 1.54) is 11.3 Å². The molecule has 0 unspecified atom stereocenters. The first-order chi connectivity index (χ1) is 12.3. The molecule has 0 saturated carbocycles. The lowest BCUT2D eigenvalue weighted by molar-refractivity contribution is 0.0578. The zero-order chi connectivity index (χ0) is 18.7. The van der Waals surface area contributed by atoms with Gasteiger partial charge in [0.1, 0.15) is 11.4 Å². The number of nitrogen functional groups attached to an aromatic ring is 1. The first-order valence-electron chi connectivity index (χ1n) is 8.46. The fraction of sp³-hybridized carbons (Fsp3) is 0.389. The van der Waals surface area contributed by atoms with Crippen molar-refractivity contribution in [3.63, 3.8) is 0 Å². The highest BCUT2D eigenvalue weighted by Gasteiger charge is 2.28. The summed E-state index contributed by atoms with van der Waals surface area (Å²) in [5.41, 5.74) is 10.8. The Kier molecular flexibility index (Phi) is 5.13. The Morgan fingerprint density at radius 2 is 2.27 bits per heavy atom. The van der Waals surface area contributed by atoms with Crippen molar-refractivity contribution in [3.05, 3.63) is 34.7 Å². The van der Waals surface area contributed by atoms with E-state index in [4.69, 9.17) is 10.5 Å². The number of rotatable bonds is 3. The zero-order valence-corrected chi connectivity index (χ0v) is 16.0. The molecule has 1 amide bonds. The Morgan fingerprint density at radius 3 is 2.96 bits per heavy atom. The van der Waals surface area contributed by atoms with Crippen molar-refractivity contribution in [1.82, 2.24) is 4.98 Å². The van der Waals surface area contributed by atoms with E-state index in [1.807, 2.05) is 39.0 Å². The third kappa shape index (κ3) is 4.32. The van der Waals surface area contributed by atoms with Crippen LogP contribution in [0.3, 0.4) is 0 Å². The number of nitrogens with one attached hydrogen (secondary N) is 1. The van der Waals surface area contributed by atoms with Crippen LogP contribution < -0.4 is 16.1 Å². The van der Waals surface area contributed by atoms with Crippen LogP contribution in [0.15, 0.2) is 28.7 Å². The molecule has 2 heterocycles. The Morgan fingerprint density at radius 1 is 1.46 bits per heavy atom. The zero-order valence-electron chi connectivity index (χ0n) is 15.2. The number of aromatic nitrogens is 1. The lowest BCUT2D eigenvalue weighted by Crippen LogP contribution is -2.40. The molecule has 7 nitrogen and oxygen atoms in total. The number of hydrogen-bond acceptors (Lipinski definition) is 7. The molecule has 1 aromatic heterocycles. The van der Waals surface area contributed by atoms with E-state index in [0.29, 0.717) is 17.5 Å². The highest BCUT2D eigenvalue weighted by molar-refractivity contribution is 7.14. The molecule has 138 valence electrons. The topological polar surface area (TPSA) is 92.8 Å². The maximum absolute atomic E-state index is 12.6. The number of hydrogen-bond donors (Lipinski definition) is 2. The number of benzene rings is 1. The summed E-state index contributed by atoms with van der Waals surface area (Å²) < 4.78 is 5.57. The molecule has 2 aromatic rings. The number of aryl methyl sites for hydroxylation is 1. The minimum atomic E-state index is -0.538. The number of hydrazone groups is 1. The van der Waals surface area contributed by atoms with Crippen LogP contribution in [0.1, 0.15) is 38.3 Å². The maximum atomic E-state index is 12.6. The van der Waals surface area contributed by atoms with Crippen molar-refractivity contribution in [2.75, 3.05) is 22.6 Å². The van der Waals surface area contributed by atoms with Crippen molar-refractivity contribution in [2.45, 2.75) is 39.2 Å². The van der Waals surface area contributed by atoms with Gasteiger partial charge in [-0.3, -0.25) is 10.3 Å². The van der Waals surface area contributed by atoms with Gasteiger partial charge in [0.15, 0.2) is 0 Å². The van der Waals surface area contributed by atoms with Crippen molar-refractivity contribution >= 4 is 40.3 Å². The van der Waals surface area contributed by atoms with Gasteiger partial charge in [-0.25, -0.2) is 9.78 Å². The summed E-state index contributed by atoms with van der Waals surface area (Å²) in [7, 11) is 0. The van der Waals surface area contributed by atoms with Crippen LogP contribution in [0.4, 0.5) is 21.4 Å². The number of fused-ring (bicyclic) bond motifs is 1. The summed E-state index contributed by atoms with van der Waals surface area (Å²) >= 11 is 1.38. The van der Waals surface area contributed by atoms with Crippen LogP contribution in [-0.2, 0) is 11.2 Å². The molecule has 1 aliphatic rings. The predicted molar refractivity (Wildman–Crippen MR) is 106 cm³/mol. The second-order valence-electron chi connectivity index (χ2n) is 7.04. The van der Waals surface area contributed by atoms with Gasteiger partial charge in [0.2, 0.25) is 5.13 Å². The number of thiazole rings is 1. The summed E-state index contributed by atoms with van der Waals surface area (Å²) in [6, 6.07) is 5.95. The lowest BCUT2D eigenvalue weighted by atomic mass is 9.98. The van der Waals surface area contributed by atoms with E-state index in [9.17, 15) is 4.79 Å². The second-order valence-corrected chi connectivity index (χ2v) is 7.90. The van der Waals surface area contributed by atoms with Gasteiger partial charge in [-0.05, 0) is 39.2 Å². The summed E-state index contributed by atoms with van der Waals surface area (Å²) in [6.07, 6.45) is 3.19. The average molecular weight is 373 g/mol. The molecular formula is C18H23N5O2S. The van der Waals surface area contributed by atoms with Gasteiger partial charge in [-0.2, -0.15) is 5.10 Å². The summed E-state index contributed by atoms with van der Waals surface area (Å²) in [6.45, 7) is 6.23. The van der Waals surface area contributed by atoms with Gasteiger partial charge < -0.3 is 10.5 Å². The molecule has 0 aliphatic carbocycles. The maximum Gasteiger partial charge on any atom is 0.414 e. The fourth-order valence-electron chi connectivity index (χ4n) is 2.78. The van der Waals surface area contributed by atoms with Crippen molar-refractivity contribution in [1.29, 1.82) is 0 Å². The van der Waals surface area contributed by atoms with Gasteiger partial charge >= 0.3 is 6.09 Å². The van der Waals surface area contributed by atoms with E-state index < -0.39 is 5.60 Å². The normalized spacial score (nSPS) is 14.3. The van der Waals surface area contributed by atoms with Crippen LogP contribution >= 0.6 is 11.3 Å². The first-order valence-corrected chi connectivity index (χ1v) is 9.34. The largest absolute Gasteiger partial charge is 0.443 e. The molecule has 0 saturated heterocycles. The fourth-order valence-corrected chi connectivity index (χ4v) is 3.33. The predicted octanol–water partition coefficient (Wildman–Crippen LogP) is 3.86. The van der Waals surface area contributed by atoms with Crippen molar-refractivity contribution in [3.8, 4) is 0 Å². The highest BCUT2D eigenvalue weighted by atomic mass is 32.1. The number of ether oxygens (including phenoxy) is 1. The van der Waals surface area contributed by atoms with Gasteiger partial charge in [0.05, 0.1) is 11.9 Å². The Bertz CT molecular complexity index is 825. The quantitative estimate of drug-likeness (QED) is 0.629.